The van der Waals surface area contributed by atoms with Crippen LogP contribution in [0.4, 0.5) is 0 Å². The Hall–Kier alpha value is -1.40. The largest absolute Gasteiger partial charge is 0.396 e. The second-order valence-corrected chi connectivity index (χ2v) is 7.93. The van der Waals surface area contributed by atoms with Gasteiger partial charge in [0.05, 0.1) is 30.7 Å². The van der Waals surface area contributed by atoms with Crippen molar-refractivity contribution >= 4 is 5.91 Å². The van der Waals surface area contributed by atoms with Crippen LogP contribution < -0.4 is 0 Å². The number of aryl methyl sites for hydroxylation is 1. The van der Waals surface area contributed by atoms with E-state index in [0.717, 1.165) is 62.7 Å². The molecule has 0 radical (unpaired) electrons. The highest BCUT2D eigenvalue weighted by atomic mass is 16.3. The summed E-state index contributed by atoms with van der Waals surface area (Å²) in [4.78, 5) is 15.0. The molecule has 0 bridgehead atoms. The molecule has 1 aromatic rings. The average Bonchev–Trinajstić information content (AvgIpc) is 3.21. The first-order valence-corrected chi connectivity index (χ1v) is 9.20. The van der Waals surface area contributed by atoms with Crippen molar-refractivity contribution in [3.63, 3.8) is 0 Å². The van der Waals surface area contributed by atoms with Crippen LogP contribution in [0.2, 0.25) is 0 Å². The number of aliphatic hydroxyl groups excluding tert-OH is 2. The number of aromatic nitrogens is 2. The Bertz CT molecular complexity index is 621. The predicted octanol–water partition coefficient (Wildman–Crippen LogP) is 1.21. The van der Waals surface area contributed by atoms with Crippen molar-refractivity contribution in [2.24, 2.45) is 10.8 Å². The summed E-state index contributed by atoms with van der Waals surface area (Å²) in [5.74, 6) is 0.0215. The Kier molecular flexibility index (Phi) is 3.92. The molecular formula is C18H27N3O3. The third-order valence-corrected chi connectivity index (χ3v) is 6.78. The molecule has 132 valence electrons. The van der Waals surface area contributed by atoms with Gasteiger partial charge in [-0.15, -0.1) is 0 Å². The van der Waals surface area contributed by atoms with Gasteiger partial charge < -0.3 is 15.1 Å². The third kappa shape index (κ3) is 2.15. The number of aliphatic hydroxyl groups is 2. The third-order valence-electron chi connectivity index (χ3n) is 6.78. The predicted molar refractivity (Wildman–Crippen MR) is 88.6 cm³/mol. The van der Waals surface area contributed by atoms with Crippen molar-refractivity contribution in [3.8, 4) is 0 Å². The minimum absolute atomic E-state index is 0.0215. The van der Waals surface area contributed by atoms with Crippen LogP contribution in [0.3, 0.4) is 0 Å². The first-order chi connectivity index (χ1) is 11.6. The molecule has 1 amide bonds. The van der Waals surface area contributed by atoms with E-state index in [2.05, 4.69) is 5.10 Å². The molecule has 0 aromatic carbocycles. The zero-order chi connectivity index (χ0) is 16.8. The van der Waals surface area contributed by atoms with Crippen molar-refractivity contribution in [3.05, 3.63) is 17.5 Å². The molecule has 2 atom stereocenters. The highest BCUT2D eigenvalue weighted by Gasteiger charge is 2.59. The second-order valence-electron chi connectivity index (χ2n) is 7.93. The highest BCUT2D eigenvalue weighted by molar-refractivity contribution is 5.95. The van der Waals surface area contributed by atoms with Crippen LogP contribution in [0, 0.1) is 10.8 Å². The lowest BCUT2D eigenvalue weighted by Gasteiger charge is -2.46. The number of amides is 1. The van der Waals surface area contributed by atoms with E-state index in [1.54, 1.807) is 6.20 Å². The van der Waals surface area contributed by atoms with E-state index in [1.165, 1.54) is 0 Å². The lowest BCUT2D eigenvalue weighted by molar-refractivity contribution is -0.0490. The number of hydrogen-bond acceptors (Lipinski definition) is 4. The van der Waals surface area contributed by atoms with E-state index in [-0.39, 0.29) is 30.0 Å². The molecule has 24 heavy (non-hydrogen) atoms. The Morgan fingerprint density at radius 2 is 1.75 bits per heavy atom. The molecule has 1 aliphatic carbocycles. The summed E-state index contributed by atoms with van der Waals surface area (Å²) in [6.07, 6.45) is 8.74. The average molecular weight is 333 g/mol. The number of hydrogen-bond donors (Lipinski definition) is 2. The molecule has 2 aliphatic heterocycles. The van der Waals surface area contributed by atoms with Crippen molar-refractivity contribution < 1.29 is 15.0 Å². The summed E-state index contributed by atoms with van der Waals surface area (Å²) in [6, 6.07) is 0. The zero-order valence-electron chi connectivity index (χ0n) is 14.2. The van der Waals surface area contributed by atoms with Crippen LogP contribution >= 0.6 is 0 Å². The molecule has 1 saturated carbocycles. The van der Waals surface area contributed by atoms with Gasteiger partial charge >= 0.3 is 0 Å². The SMILES string of the molecule is O=C(c1cnn2c1CCCC2)N1C[C@]2(CO)CCCC[C@]2(CO)C1. The van der Waals surface area contributed by atoms with Crippen molar-refractivity contribution in [1.82, 2.24) is 14.7 Å². The van der Waals surface area contributed by atoms with Crippen LogP contribution in [0.1, 0.15) is 54.6 Å². The Labute approximate surface area is 142 Å². The van der Waals surface area contributed by atoms with E-state index < -0.39 is 0 Å². The first-order valence-electron chi connectivity index (χ1n) is 9.20. The maximum Gasteiger partial charge on any atom is 0.257 e. The molecule has 6 heteroatoms. The Morgan fingerprint density at radius 1 is 1.08 bits per heavy atom. The van der Waals surface area contributed by atoms with E-state index in [0.29, 0.717) is 13.1 Å². The molecular weight excluding hydrogens is 306 g/mol. The minimum Gasteiger partial charge on any atom is -0.396 e. The monoisotopic (exact) mass is 333 g/mol. The standard InChI is InChI=1S/C18H27N3O3/c22-12-17-6-2-3-7-18(17,13-23)11-20(10-17)16(24)14-9-19-21-8-4-1-5-15(14)21/h9,22-23H,1-8,10-13H2/t17-,18+. The molecule has 2 N–H and O–H groups in total. The normalized spacial score (nSPS) is 32.5. The molecule has 0 spiro atoms. The summed E-state index contributed by atoms with van der Waals surface area (Å²) in [5.41, 5.74) is 1.08. The lowest BCUT2D eigenvalue weighted by Crippen LogP contribution is -2.48. The van der Waals surface area contributed by atoms with Crippen LogP contribution in [-0.4, -0.2) is 57.1 Å². The van der Waals surface area contributed by atoms with E-state index in [4.69, 9.17) is 0 Å². The molecule has 2 fully saturated rings. The summed E-state index contributed by atoms with van der Waals surface area (Å²) >= 11 is 0. The maximum absolute atomic E-state index is 13.1. The van der Waals surface area contributed by atoms with Gasteiger partial charge in [0.25, 0.3) is 5.91 Å². The van der Waals surface area contributed by atoms with Gasteiger partial charge in [0.2, 0.25) is 0 Å². The van der Waals surface area contributed by atoms with Gasteiger partial charge in [-0.25, -0.2) is 0 Å². The molecule has 0 unspecified atom stereocenters. The van der Waals surface area contributed by atoms with Crippen LogP contribution in [0.15, 0.2) is 6.20 Å². The van der Waals surface area contributed by atoms with Gasteiger partial charge in [-0.2, -0.15) is 5.10 Å². The first kappa shape index (κ1) is 16.1. The van der Waals surface area contributed by atoms with Crippen LogP contribution in [0.25, 0.3) is 0 Å². The summed E-state index contributed by atoms with van der Waals surface area (Å²) < 4.78 is 1.96. The number of carbonyl (C=O) groups is 1. The van der Waals surface area contributed by atoms with Crippen molar-refractivity contribution in [2.75, 3.05) is 26.3 Å². The van der Waals surface area contributed by atoms with E-state index >= 15 is 0 Å². The van der Waals surface area contributed by atoms with Gasteiger partial charge in [0.15, 0.2) is 0 Å². The fourth-order valence-electron chi connectivity index (χ4n) is 5.24. The number of fused-ring (bicyclic) bond motifs is 2. The Balaban J connectivity index is 1.63. The summed E-state index contributed by atoms with van der Waals surface area (Å²) in [5, 5.41) is 24.6. The fraction of sp³-hybridized carbons (Fsp3) is 0.778. The van der Waals surface area contributed by atoms with Gasteiger partial charge in [0, 0.05) is 30.5 Å². The number of carbonyl (C=O) groups excluding carboxylic acids is 1. The quantitative estimate of drug-likeness (QED) is 0.871. The smallest absolute Gasteiger partial charge is 0.257 e. The molecule has 3 aliphatic rings. The number of nitrogens with zero attached hydrogens (tertiary/aromatic N) is 3. The molecule has 1 saturated heterocycles. The molecule has 3 heterocycles. The topological polar surface area (TPSA) is 78.6 Å². The van der Waals surface area contributed by atoms with Gasteiger partial charge in [-0.05, 0) is 32.1 Å². The van der Waals surface area contributed by atoms with Gasteiger partial charge in [-0.1, -0.05) is 12.8 Å². The summed E-state index contributed by atoms with van der Waals surface area (Å²) in [6.45, 7) is 2.08. The maximum atomic E-state index is 13.1. The van der Waals surface area contributed by atoms with Gasteiger partial charge in [-0.3, -0.25) is 9.48 Å². The van der Waals surface area contributed by atoms with E-state index in [9.17, 15) is 15.0 Å². The van der Waals surface area contributed by atoms with Gasteiger partial charge in [0.1, 0.15) is 0 Å². The Morgan fingerprint density at radius 3 is 2.38 bits per heavy atom. The number of likely N-dealkylation sites (tertiary alicyclic amines) is 1. The minimum atomic E-state index is -0.344. The van der Waals surface area contributed by atoms with Crippen LogP contribution in [-0.2, 0) is 13.0 Å². The lowest BCUT2D eigenvalue weighted by atomic mass is 9.58. The highest BCUT2D eigenvalue weighted by Crippen LogP contribution is 2.55. The number of rotatable bonds is 3. The summed E-state index contributed by atoms with van der Waals surface area (Å²) in [7, 11) is 0. The van der Waals surface area contributed by atoms with Crippen molar-refractivity contribution in [1.29, 1.82) is 0 Å². The fourth-order valence-corrected chi connectivity index (χ4v) is 5.24. The zero-order valence-corrected chi connectivity index (χ0v) is 14.2. The molecule has 1 aromatic heterocycles. The second kappa shape index (κ2) is 5.85. The van der Waals surface area contributed by atoms with E-state index in [1.807, 2.05) is 9.58 Å². The molecule has 4 rings (SSSR count). The van der Waals surface area contributed by atoms with Crippen LogP contribution in [0.5, 0.6) is 0 Å². The molecule has 6 nitrogen and oxygen atoms in total. The van der Waals surface area contributed by atoms with Crippen molar-refractivity contribution in [2.45, 2.75) is 51.5 Å².